The molecule has 138 valence electrons. The van der Waals surface area contributed by atoms with Gasteiger partial charge in [-0.1, -0.05) is 0 Å². The van der Waals surface area contributed by atoms with E-state index in [1.807, 2.05) is 0 Å². The van der Waals surface area contributed by atoms with Gasteiger partial charge in [0.25, 0.3) is 5.91 Å². The van der Waals surface area contributed by atoms with Gasteiger partial charge in [-0.2, -0.15) is 0 Å². The number of halogens is 1. The molecule has 3 aromatic rings. The van der Waals surface area contributed by atoms with Gasteiger partial charge < -0.3 is 20.1 Å². The van der Waals surface area contributed by atoms with E-state index in [1.54, 1.807) is 30.3 Å². The minimum Gasteiger partial charge on any atom is -0.497 e. The summed E-state index contributed by atoms with van der Waals surface area (Å²) in [4.78, 5) is 20.6. The fourth-order valence-electron chi connectivity index (χ4n) is 2.33. The first-order valence-electron chi connectivity index (χ1n) is 7.97. The Morgan fingerprint density at radius 2 is 1.78 bits per heavy atom. The number of aromatic nitrogens is 2. The molecule has 0 aliphatic carbocycles. The number of carbonyl (C=O) groups excluding carboxylic acids is 1. The van der Waals surface area contributed by atoms with Crippen molar-refractivity contribution >= 4 is 23.1 Å². The average molecular weight is 368 g/mol. The summed E-state index contributed by atoms with van der Waals surface area (Å²) in [7, 11) is 3.04. The van der Waals surface area contributed by atoms with Gasteiger partial charge in [0, 0.05) is 17.8 Å². The second-order valence-corrected chi connectivity index (χ2v) is 5.44. The molecule has 0 unspecified atom stereocenters. The summed E-state index contributed by atoms with van der Waals surface area (Å²) in [5.41, 5.74) is 1.24. The quantitative estimate of drug-likeness (QED) is 0.691. The van der Waals surface area contributed by atoms with E-state index in [-0.39, 0.29) is 11.5 Å². The Balaban J connectivity index is 1.78. The van der Waals surface area contributed by atoms with Crippen LogP contribution >= 0.6 is 0 Å². The van der Waals surface area contributed by atoms with Crippen molar-refractivity contribution in [3.8, 4) is 11.5 Å². The second-order valence-electron chi connectivity index (χ2n) is 5.44. The molecule has 0 radical (unpaired) electrons. The van der Waals surface area contributed by atoms with Crippen LogP contribution in [0, 0.1) is 5.82 Å². The van der Waals surface area contributed by atoms with E-state index >= 15 is 0 Å². The normalized spacial score (nSPS) is 10.2. The van der Waals surface area contributed by atoms with Gasteiger partial charge in [-0.15, -0.1) is 0 Å². The highest BCUT2D eigenvalue weighted by Gasteiger charge is 2.13. The highest BCUT2D eigenvalue weighted by atomic mass is 19.1. The average Bonchev–Trinajstić information content (AvgIpc) is 2.70. The number of nitrogens with one attached hydrogen (secondary N) is 2. The zero-order valence-electron chi connectivity index (χ0n) is 14.7. The number of hydrogen-bond acceptors (Lipinski definition) is 6. The van der Waals surface area contributed by atoms with E-state index in [0.29, 0.717) is 28.7 Å². The van der Waals surface area contributed by atoms with Crippen molar-refractivity contribution < 1.29 is 18.7 Å². The predicted octanol–water partition coefficient (Wildman–Crippen LogP) is 3.63. The van der Waals surface area contributed by atoms with Gasteiger partial charge in [0.05, 0.1) is 19.9 Å². The smallest absolute Gasteiger partial charge is 0.274 e. The fraction of sp³-hybridized carbons (Fsp3) is 0.105. The number of methoxy groups -OCH3 is 2. The van der Waals surface area contributed by atoms with Crippen LogP contribution in [0.15, 0.2) is 54.9 Å². The van der Waals surface area contributed by atoms with Crippen molar-refractivity contribution in [2.75, 3.05) is 24.9 Å². The van der Waals surface area contributed by atoms with Crippen LogP contribution < -0.4 is 20.1 Å². The van der Waals surface area contributed by atoms with Gasteiger partial charge in [0.1, 0.15) is 35.2 Å². The van der Waals surface area contributed by atoms with Gasteiger partial charge in [-0.05, 0) is 36.4 Å². The number of benzene rings is 2. The number of amides is 1. The first kappa shape index (κ1) is 18.1. The molecule has 7 nitrogen and oxygen atoms in total. The molecule has 1 amide bonds. The number of ether oxygens (including phenoxy) is 2. The fourth-order valence-corrected chi connectivity index (χ4v) is 2.33. The van der Waals surface area contributed by atoms with Crippen LogP contribution in [0.25, 0.3) is 0 Å². The minimum absolute atomic E-state index is 0.152. The molecule has 3 rings (SSSR count). The Bertz CT molecular complexity index is 948. The van der Waals surface area contributed by atoms with Crippen molar-refractivity contribution in [1.29, 1.82) is 0 Å². The lowest BCUT2D eigenvalue weighted by atomic mass is 10.2. The monoisotopic (exact) mass is 368 g/mol. The Hall–Kier alpha value is -3.68. The van der Waals surface area contributed by atoms with E-state index in [0.717, 1.165) is 0 Å². The van der Waals surface area contributed by atoms with Crippen molar-refractivity contribution in [1.82, 2.24) is 9.97 Å². The number of carbonyl (C=O) groups is 1. The number of anilines is 3. The summed E-state index contributed by atoms with van der Waals surface area (Å²) in [6.45, 7) is 0. The highest BCUT2D eigenvalue weighted by Crippen LogP contribution is 2.29. The Kier molecular flexibility index (Phi) is 5.46. The van der Waals surface area contributed by atoms with Crippen LogP contribution in [0.4, 0.5) is 21.6 Å². The molecule has 2 aromatic carbocycles. The molecule has 0 spiro atoms. The lowest BCUT2D eigenvalue weighted by Crippen LogP contribution is -2.15. The van der Waals surface area contributed by atoms with Crippen LogP contribution in [0.1, 0.15) is 10.5 Å². The van der Waals surface area contributed by atoms with Crippen molar-refractivity contribution in [3.63, 3.8) is 0 Å². The first-order valence-corrected chi connectivity index (χ1v) is 7.97. The maximum atomic E-state index is 13.0. The molecule has 0 saturated heterocycles. The van der Waals surface area contributed by atoms with Gasteiger partial charge >= 0.3 is 0 Å². The van der Waals surface area contributed by atoms with E-state index in [1.165, 1.54) is 38.7 Å². The molecule has 1 heterocycles. The maximum Gasteiger partial charge on any atom is 0.274 e. The van der Waals surface area contributed by atoms with Gasteiger partial charge in [0.15, 0.2) is 0 Å². The maximum absolute atomic E-state index is 13.0. The lowest BCUT2D eigenvalue weighted by Gasteiger charge is -2.12. The Morgan fingerprint density at radius 1 is 1.00 bits per heavy atom. The van der Waals surface area contributed by atoms with E-state index in [9.17, 15) is 9.18 Å². The Morgan fingerprint density at radius 3 is 2.48 bits per heavy atom. The second kappa shape index (κ2) is 8.13. The zero-order valence-corrected chi connectivity index (χ0v) is 14.7. The molecule has 0 aliphatic heterocycles. The summed E-state index contributed by atoms with van der Waals surface area (Å²) < 4.78 is 23.4. The van der Waals surface area contributed by atoms with Gasteiger partial charge in [-0.3, -0.25) is 4.79 Å². The molecule has 0 atom stereocenters. The van der Waals surface area contributed by atoms with Gasteiger partial charge in [-0.25, -0.2) is 14.4 Å². The van der Waals surface area contributed by atoms with Crippen molar-refractivity contribution in [2.45, 2.75) is 0 Å². The third-order valence-corrected chi connectivity index (χ3v) is 3.67. The largest absolute Gasteiger partial charge is 0.497 e. The standard InChI is InChI=1S/C19H17FN4O3/c1-26-14-7-8-17(27-2)15(9-14)24-19(25)16-10-18(22-11-21-16)23-13-5-3-12(20)4-6-13/h3-11H,1-2H3,(H,24,25)(H,21,22,23). The van der Waals surface area contributed by atoms with Crippen LogP contribution in [0.2, 0.25) is 0 Å². The number of rotatable bonds is 6. The first-order chi connectivity index (χ1) is 13.1. The lowest BCUT2D eigenvalue weighted by molar-refractivity contribution is 0.102. The third kappa shape index (κ3) is 4.49. The Labute approximate surface area is 155 Å². The van der Waals surface area contributed by atoms with Crippen LogP contribution in [-0.4, -0.2) is 30.1 Å². The summed E-state index contributed by atoms with van der Waals surface area (Å²) in [5, 5.41) is 5.73. The summed E-state index contributed by atoms with van der Waals surface area (Å²) in [5.74, 6) is 0.691. The van der Waals surface area contributed by atoms with Crippen LogP contribution in [-0.2, 0) is 0 Å². The number of nitrogens with zero attached hydrogens (tertiary/aromatic N) is 2. The van der Waals surface area contributed by atoms with Gasteiger partial charge in [0.2, 0.25) is 0 Å². The summed E-state index contributed by atoms with van der Waals surface area (Å²) in [6.07, 6.45) is 1.27. The van der Waals surface area contributed by atoms with E-state index < -0.39 is 5.91 Å². The SMILES string of the molecule is COc1ccc(OC)c(NC(=O)c2cc(Nc3ccc(F)cc3)ncn2)c1. The molecule has 0 saturated carbocycles. The molecular weight excluding hydrogens is 351 g/mol. The molecular formula is C19H17FN4O3. The summed E-state index contributed by atoms with van der Waals surface area (Å²) >= 11 is 0. The molecule has 8 heteroatoms. The molecule has 0 fully saturated rings. The van der Waals surface area contributed by atoms with Crippen LogP contribution in [0.3, 0.4) is 0 Å². The molecule has 0 bridgehead atoms. The predicted molar refractivity (Wildman–Crippen MR) is 99.2 cm³/mol. The van der Waals surface area contributed by atoms with E-state index in [4.69, 9.17) is 9.47 Å². The minimum atomic E-state index is -0.439. The highest BCUT2D eigenvalue weighted by molar-refractivity contribution is 6.04. The van der Waals surface area contributed by atoms with Crippen LogP contribution in [0.5, 0.6) is 11.5 Å². The topological polar surface area (TPSA) is 85.4 Å². The zero-order chi connectivity index (χ0) is 19.2. The summed E-state index contributed by atoms with van der Waals surface area (Å²) in [6, 6.07) is 12.3. The van der Waals surface area contributed by atoms with Crippen molar-refractivity contribution in [3.05, 3.63) is 66.4 Å². The third-order valence-electron chi connectivity index (χ3n) is 3.67. The number of hydrogen-bond donors (Lipinski definition) is 2. The van der Waals surface area contributed by atoms with E-state index in [2.05, 4.69) is 20.6 Å². The molecule has 27 heavy (non-hydrogen) atoms. The molecule has 1 aromatic heterocycles. The molecule has 0 aliphatic rings. The molecule has 2 N–H and O–H groups in total. The van der Waals surface area contributed by atoms with Crippen molar-refractivity contribution in [2.24, 2.45) is 0 Å².